The molecule has 2 aliphatic rings. The van der Waals surface area contributed by atoms with Crippen LogP contribution in [0.15, 0.2) is 72.8 Å². The summed E-state index contributed by atoms with van der Waals surface area (Å²) in [4.78, 5) is 129. The van der Waals surface area contributed by atoms with Crippen molar-refractivity contribution in [3.63, 3.8) is 0 Å². The molecular formula is C64H96N6O11. The largest absolute Gasteiger partial charge is 0.379 e. The summed E-state index contributed by atoms with van der Waals surface area (Å²) in [5, 5.41) is 2.69. The third-order valence-corrected chi connectivity index (χ3v) is 16.7. The summed E-state index contributed by atoms with van der Waals surface area (Å²) in [7, 11) is 8.49. The zero-order chi connectivity index (χ0) is 59.9. The van der Waals surface area contributed by atoms with E-state index >= 15 is 0 Å². The molecule has 17 nitrogen and oxygen atoms in total. The van der Waals surface area contributed by atoms with Gasteiger partial charge in [0.1, 0.15) is 5.78 Å². The van der Waals surface area contributed by atoms with E-state index in [0.29, 0.717) is 77.5 Å². The Balaban J connectivity index is 1.36. The Labute approximate surface area is 483 Å². The van der Waals surface area contributed by atoms with Crippen LogP contribution in [0.2, 0.25) is 0 Å². The Morgan fingerprint density at radius 3 is 1.93 bits per heavy atom. The molecule has 4 rings (SSSR count). The van der Waals surface area contributed by atoms with E-state index in [9.17, 15) is 43.2 Å². The van der Waals surface area contributed by atoms with Crippen molar-refractivity contribution in [3.8, 4) is 0 Å². The monoisotopic (exact) mass is 1120 g/mol. The van der Waals surface area contributed by atoms with Crippen molar-refractivity contribution in [2.45, 2.75) is 169 Å². The maximum Gasteiger partial charge on any atom is 0.253 e. The highest BCUT2D eigenvalue weighted by Crippen LogP contribution is 2.32. The molecule has 2 aromatic carbocycles. The Kier molecular flexibility index (Phi) is 28.3. The van der Waals surface area contributed by atoms with Gasteiger partial charge in [-0.15, -0.1) is 0 Å². The third kappa shape index (κ3) is 20.2. The quantitative estimate of drug-likeness (QED) is 0.0516. The predicted molar refractivity (Wildman–Crippen MR) is 313 cm³/mol. The number of methoxy groups -OCH3 is 2. The lowest BCUT2D eigenvalue weighted by molar-refractivity contribution is -0.149. The number of likely N-dealkylation sites (N-methyl/N-ethyl adjacent to an activating group) is 2. The van der Waals surface area contributed by atoms with E-state index in [4.69, 9.17) is 9.47 Å². The van der Waals surface area contributed by atoms with Gasteiger partial charge in [-0.05, 0) is 81.0 Å². The minimum absolute atomic E-state index is 0.00479. The number of amides is 6. The molecule has 0 spiro atoms. The van der Waals surface area contributed by atoms with Gasteiger partial charge in [-0.1, -0.05) is 122 Å². The summed E-state index contributed by atoms with van der Waals surface area (Å²) in [6, 6.07) is 18.0. The van der Waals surface area contributed by atoms with Crippen LogP contribution in [0.5, 0.6) is 0 Å². The number of carbonyl (C=O) groups excluding carboxylic acids is 9. The smallest absolute Gasteiger partial charge is 0.253 e. The molecule has 0 aromatic heterocycles. The molecule has 2 aromatic rings. The maximum atomic E-state index is 14.8. The van der Waals surface area contributed by atoms with Gasteiger partial charge in [-0.25, -0.2) is 0 Å². The van der Waals surface area contributed by atoms with E-state index in [0.717, 1.165) is 11.1 Å². The molecule has 6 amide bonds. The molecule has 0 aliphatic carbocycles. The summed E-state index contributed by atoms with van der Waals surface area (Å²) in [5.74, 6) is -3.94. The zero-order valence-corrected chi connectivity index (χ0v) is 50.7. The summed E-state index contributed by atoms with van der Waals surface area (Å²) in [6.45, 7) is 15.3. The number of nitrogens with zero attached hydrogens (tertiary/aromatic N) is 5. The minimum atomic E-state index is -0.690. The Hall–Kier alpha value is -5.91. The molecule has 1 saturated heterocycles. The first-order chi connectivity index (χ1) is 38.5. The van der Waals surface area contributed by atoms with Crippen LogP contribution in [0, 0.1) is 35.5 Å². The number of nitrogens with one attached hydrogen (secondary N) is 1. The number of ketones is 3. The van der Waals surface area contributed by atoms with Gasteiger partial charge < -0.3 is 29.5 Å². The topological polar surface area (TPSA) is 200 Å². The highest BCUT2D eigenvalue weighted by Gasteiger charge is 2.44. The fourth-order valence-corrected chi connectivity index (χ4v) is 11.9. The minimum Gasteiger partial charge on any atom is -0.379 e. The lowest BCUT2D eigenvalue weighted by Gasteiger charge is -2.41. The summed E-state index contributed by atoms with van der Waals surface area (Å²) in [5.41, 5.74) is 1.95. The molecule has 2 aliphatic heterocycles. The molecule has 2 heterocycles. The van der Waals surface area contributed by atoms with Crippen LogP contribution in [0.3, 0.4) is 0 Å². The van der Waals surface area contributed by atoms with E-state index < -0.39 is 48.1 Å². The van der Waals surface area contributed by atoms with Gasteiger partial charge >= 0.3 is 0 Å². The Bertz CT molecular complexity index is 2400. The maximum absolute atomic E-state index is 14.8. The number of carbonyl (C=O) groups is 9. The highest BCUT2D eigenvalue weighted by molar-refractivity contribution is 6.12. The van der Waals surface area contributed by atoms with Crippen LogP contribution in [0.4, 0.5) is 0 Å². The number of likely N-dealkylation sites (tertiary alicyclic amines) is 1. The molecule has 0 saturated carbocycles. The van der Waals surface area contributed by atoms with Gasteiger partial charge in [0.25, 0.3) is 11.8 Å². The first-order valence-electron chi connectivity index (χ1n) is 29.6. The number of hydrogen-bond acceptors (Lipinski definition) is 12. The fourth-order valence-electron chi connectivity index (χ4n) is 11.9. The van der Waals surface area contributed by atoms with E-state index in [1.54, 1.807) is 38.1 Å². The Morgan fingerprint density at radius 2 is 1.35 bits per heavy atom. The number of ether oxygens (including phenoxy) is 2. The first kappa shape index (κ1) is 67.6. The summed E-state index contributed by atoms with van der Waals surface area (Å²) >= 11 is 0. The average Bonchev–Trinajstić information content (AvgIpc) is 4.08. The second-order valence-electron chi connectivity index (χ2n) is 23.4. The Morgan fingerprint density at radius 1 is 0.716 bits per heavy atom. The van der Waals surface area contributed by atoms with Crippen LogP contribution in [-0.2, 0) is 65.6 Å². The first-order valence-corrected chi connectivity index (χ1v) is 29.6. The lowest BCUT2D eigenvalue weighted by Crippen LogP contribution is -2.54. The van der Waals surface area contributed by atoms with Gasteiger partial charge in [0, 0.05) is 104 Å². The number of benzene rings is 2. The van der Waals surface area contributed by atoms with E-state index in [1.807, 2.05) is 126 Å². The zero-order valence-electron chi connectivity index (χ0n) is 50.7. The van der Waals surface area contributed by atoms with Crippen molar-refractivity contribution in [2.75, 3.05) is 61.5 Å². The molecule has 1 fully saturated rings. The molecular weight excluding hydrogens is 1030 g/mol. The summed E-state index contributed by atoms with van der Waals surface area (Å²) < 4.78 is 12.3. The number of rotatable bonds is 37. The van der Waals surface area contributed by atoms with Gasteiger partial charge in [0.2, 0.25) is 23.6 Å². The number of Topliss-reactive ketones (excluding diaryl/α,β-unsaturated/α-hetero) is 3. The van der Waals surface area contributed by atoms with E-state index in [2.05, 4.69) is 5.32 Å². The predicted octanol–water partition coefficient (Wildman–Crippen LogP) is 7.52. The molecule has 1 N–H and O–H groups in total. The highest BCUT2D eigenvalue weighted by atomic mass is 16.5. The van der Waals surface area contributed by atoms with Crippen molar-refractivity contribution >= 4 is 52.8 Å². The second kappa shape index (κ2) is 33.9. The molecule has 0 unspecified atom stereocenters. The van der Waals surface area contributed by atoms with E-state index in [-0.39, 0.29) is 109 Å². The van der Waals surface area contributed by atoms with Crippen molar-refractivity contribution in [1.82, 2.24) is 29.8 Å². The number of imide groups is 1. The third-order valence-electron chi connectivity index (χ3n) is 16.7. The molecule has 9 atom stereocenters. The fraction of sp³-hybridized carbons (Fsp3) is 0.641. The average molecular weight is 1130 g/mol. The molecule has 81 heavy (non-hydrogen) atoms. The van der Waals surface area contributed by atoms with Crippen molar-refractivity contribution in [2.24, 2.45) is 35.5 Å². The molecule has 0 radical (unpaired) electrons. The van der Waals surface area contributed by atoms with Gasteiger partial charge in [-0.2, -0.15) is 0 Å². The standard InChI is InChI=1S/C64H96N6O11/c1-13-45(6)61(68(10)64(79)51(43(2)3)39-54(73)60(44(4)5)66(8)34-23-29-50(71)41-65-56(74)31-21-16-22-35-70-57(75)32-33-58(70)76)55(80-11)40-59(77)69-36-24-30-52(69)62(81-12)46(7)53(72)38-49(37-47-25-17-14-18-26-47)63(78)67(9)42-48-27-19-15-20-28-48/h14-15,17-20,25-28,32-33,43-46,49,51-52,55,60-62H,13,16,21-24,29-31,34-42H2,1-12H3,(H,65,74)/t45-,46-,49+,51-,52-,55+,60-,61-,62+/m0/s1. The van der Waals surface area contributed by atoms with Crippen LogP contribution in [-0.4, -0.2) is 169 Å². The molecule has 0 bridgehead atoms. The van der Waals surface area contributed by atoms with Crippen LogP contribution < -0.4 is 5.32 Å². The van der Waals surface area contributed by atoms with Gasteiger partial charge in [0.15, 0.2) is 11.6 Å². The van der Waals surface area contributed by atoms with E-state index in [1.165, 1.54) is 17.1 Å². The number of hydrogen-bond donors (Lipinski definition) is 1. The number of unbranched alkanes of at least 4 members (excludes halogenated alkanes) is 2. The van der Waals surface area contributed by atoms with Crippen LogP contribution >= 0.6 is 0 Å². The summed E-state index contributed by atoms with van der Waals surface area (Å²) in [6.07, 6.45) is 6.34. The van der Waals surface area contributed by atoms with Crippen molar-refractivity contribution in [1.29, 1.82) is 0 Å². The van der Waals surface area contributed by atoms with Gasteiger partial charge in [-0.3, -0.25) is 53.0 Å². The van der Waals surface area contributed by atoms with Gasteiger partial charge in [0.05, 0.1) is 43.3 Å². The lowest BCUT2D eigenvalue weighted by atomic mass is 9.83. The second-order valence-corrected chi connectivity index (χ2v) is 23.4. The normalized spacial score (nSPS) is 17.4. The van der Waals surface area contributed by atoms with Crippen LogP contribution in [0.1, 0.15) is 137 Å². The molecule has 17 heteroatoms. The molecule has 448 valence electrons. The van der Waals surface area contributed by atoms with Crippen molar-refractivity contribution < 1.29 is 52.6 Å². The SMILES string of the molecule is CC[C@H](C)[C@@H]([C@@H](CC(=O)N1CCC[C@H]1[C@H](OC)[C@@H](C)C(=O)C[C@@H](Cc1ccccc1)C(=O)N(C)Cc1ccccc1)OC)N(C)C(=O)[C@@H](CC(=O)[C@H](C(C)C)N(C)CCCC(=O)CNC(=O)CCCCCN1C(=O)C=CC1=O)C(C)C. The van der Waals surface area contributed by atoms with Crippen LogP contribution in [0.25, 0.3) is 0 Å². The van der Waals surface area contributed by atoms with Crippen molar-refractivity contribution in [3.05, 3.63) is 83.9 Å².